The summed E-state index contributed by atoms with van der Waals surface area (Å²) in [7, 11) is 0. The second-order valence-electron chi connectivity index (χ2n) is 5.60. The van der Waals surface area contributed by atoms with Crippen molar-refractivity contribution in [2.45, 2.75) is 38.1 Å². The fraction of sp³-hybridized carbons (Fsp3) is 0.643. The molecule has 0 aliphatic carbocycles. The lowest BCUT2D eigenvalue weighted by Gasteiger charge is -2.28. The zero-order chi connectivity index (χ0) is 11.9. The van der Waals surface area contributed by atoms with Gasteiger partial charge in [-0.05, 0) is 36.6 Å². The van der Waals surface area contributed by atoms with E-state index >= 15 is 0 Å². The van der Waals surface area contributed by atoms with Crippen LogP contribution in [0.1, 0.15) is 23.2 Å². The molecule has 0 radical (unpaired) electrons. The minimum absolute atomic E-state index is 0.483. The average molecular weight is 245 g/mol. The smallest absolute Gasteiger partial charge is 0.0718 e. The van der Waals surface area contributed by atoms with Gasteiger partial charge < -0.3 is 10.1 Å². The number of ether oxygens (including phenoxy) is 1. The molecule has 3 aliphatic rings. The maximum Gasteiger partial charge on any atom is 0.0718 e. The molecule has 18 heavy (non-hydrogen) atoms. The molecule has 2 atom stereocenters. The predicted molar refractivity (Wildman–Crippen MR) is 68.2 cm³/mol. The number of rotatable bonds is 2. The summed E-state index contributed by atoms with van der Waals surface area (Å²) in [5.74, 6) is 0. The second-order valence-corrected chi connectivity index (χ2v) is 5.60. The highest BCUT2D eigenvalue weighted by Gasteiger charge is 2.39. The van der Waals surface area contributed by atoms with Crippen LogP contribution in [0.15, 0.2) is 12.3 Å². The van der Waals surface area contributed by atoms with Crippen LogP contribution < -0.4 is 5.32 Å². The Morgan fingerprint density at radius 3 is 3.33 bits per heavy atom. The summed E-state index contributed by atoms with van der Waals surface area (Å²) in [4.78, 5) is 7.18. The van der Waals surface area contributed by atoms with Gasteiger partial charge in [0.1, 0.15) is 0 Å². The van der Waals surface area contributed by atoms with Gasteiger partial charge in [-0.15, -0.1) is 0 Å². The Balaban J connectivity index is 1.58. The van der Waals surface area contributed by atoms with E-state index in [9.17, 15) is 0 Å². The molecule has 1 aromatic heterocycles. The molecule has 0 unspecified atom stereocenters. The van der Waals surface area contributed by atoms with Crippen LogP contribution in [0.5, 0.6) is 0 Å². The number of hydrogen-bond donors (Lipinski definition) is 1. The van der Waals surface area contributed by atoms with Crippen LogP contribution in [0.25, 0.3) is 0 Å². The lowest BCUT2D eigenvalue weighted by molar-refractivity contribution is 0.0267. The third-order valence-electron chi connectivity index (χ3n) is 4.48. The molecule has 0 amide bonds. The van der Waals surface area contributed by atoms with Crippen molar-refractivity contribution in [2.75, 3.05) is 19.7 Å². The van der Waals surface area contributed by atoms with Crippen LogP contribution >= 0.6 is 0 Å². The summed E-state index contributed by atoms with van der Waals surface area (Å²) in [6.07, 6.45) is 4.79. The van der Waals surface area contributed by atoms with Crippen molar-refractivity contribution in [3.8, 4) is 0 Å². The van der Waals surface area contributed by atoms with Crippen LogP contribution in [0, 0.1) is 0 Å². The van der Waals surface area contributed by atoms with Gasteiger partial charge in [-0.1, -0.05) is 0 Å². The largest absolute Gasteiger partial charge is 0.375 e. The van der Waals surface area contributed by atoms with Gasteiger partial charge in [0.25, 0.3) is 0 Å². The number of morpholine rings is 1. The fourth-order valence-electron chi connectivity index (χ4n) is 3.49. The first-order valence-electron chi connectivity index (χ1n) is 6.92. The van der Waals surface area contributed by atoms with Crippen LogP contribution in [0.2, 0.25) is 0 Å². The topological polar surface area (TPSA) is 37.4 Å². The molecule has 3 aliphatic heterocycles. The van der Waals surface area contributed by atoms with Gasteiger partial charge >= 0.3 is 0 Å². The molecule has 2 fully saturated rings. The average Bonchev–Trinajstić information content (AvgIpc) is 3.01. The Morgan fingerprint density at radius 1 is 1.50 bits per heavy atom. The van der Waals surface area contributed by atoms with E-state index in [4.69, 9.17) is 4.74 Å². The fourth-order valence-corrected chi connectivity index (χ4v) is 3.49. The highest BCUT2D eigenvalue weighted by atomic mass is 16.5. The third kappa shape index (κ3) is 1.76. The van der Waals surface area contributed by atoms with Gasteiger partial charge in [0, 0.05) is 31.9 Å². The maximum absolute atomic E-state index is 5.66. The monoisotopic (exact) mass is 245 g/mol. The molecule has 0 spiro atoms. The first-order valence-corrected chi connectivity index (χ1v) is 6.92. The van der Waals surface area contributed by atoms with Gasteiger partial charge in [-0.3, -0.25) is 9.88 Å². The van der Waals surface area contributed by atoms with Gasteiger partial charge in [-0.25, -0.2) is 0 Å². The van der Waals surface area contributed by atoms with E-state index in [0.717, 1.165) is 39.2 Å². The maximum atomic E-state index is 5.66. The molecule has 96 valence electrons. The molecule has 0 saturated carbocycles. The van der Waals surface area contributed by atoms with E-state index in [1.807, 2.05) is 6.20 Å². The van der Waals surface area contributed by atoms with E-state index in [1.54, 1.807) is 0 Å². The minimum Gasteiger partial charge on any atom is -0.375 e. The van der Waals surface area contributed by atoms with Gasteiger partial charge in [0.2, 0.25) is 0 Å². The first kappa shape index (κ1) is 10.9. The summed E-state index contributed by atoms with van der Waals surface area (Å²) in [6, 6.07) is 2.79. The quantitative estimate of drug-likeness (QED) is 0.832. The molecular weight excluding hydrogens is 226 g/mol. The summed E-state index contributed by atoms with van der Waals surface area (Å²) in [6.45, 7) is 5.10. The normalized spacial score (nSPS) is 30.7. The predicted octanol–water partition coefficient (Wildman–Crippen LogP) is 0.700. The van der Waals surface area contributed by atoms with Gasteiger partial charge in [0.05, 0.1) is 18.4 Å². The number of aromatic nitrogens is 1. The number of likely N-dealkylation sites (tertiary alicyclic amines) is 1. The highest BCUT2D eigenvalue weighted by molar-refractivity contribution is 5.32. The van der Waals surface area contributed by atoms with Crippen LogP contribution in [0.4, 0.5) is 0 Å². The molecule has 4 heteroatoms. The summed E-state index contributed by atoms with van der Waals surface area (Å²) >= 11 is 0. The number of nitrogens with one attached hydrogen (secondary N) is 1. The Hall–Kier alpha value is -0.970. The number of pyridine rings is 1. The molecule has 2 saturated heterocycles. The Kier molecular flexibility index (Phi) is 2.60. The Morgan fingerprint density at radius 2 is 2.50 bits per heavy atom. The minimum atomic E-state index is 0.483. The van der Waals surface area contributed by atoms with Crippen molar-refractivity contribution < 1.29 is 4.74 Å². The van der Waals surface area contributed by atoms with Crippen molar-refractivity contribution in [1.29, 1.82) is 0 Å². The van der Waals surface area contributed by atoms with Crippen LogP contribution in [-0.4, -0.2) is 41.7 Å². The molecule has 1 N–H and O–H groups in total. The van der Waals surface area contributed by atoms with Crippen molar-refractivity contribution in [1.82, 2.24) is 15.2 Å². The molecule has 0 aromatic carbocycles. The summed E-state index contributed by atoms with van der Waals surface area (Å²) in [5, 5.41) is 3.43. The summed E-state index contributed by atoms with van der Waals surface area (Å²) in [5.41, 5.74) is 4.22. The number of nitrogens with zero attached hydrogens (tertiary/aromatic N) is 2. The van der Waals surface area contributed by atoms with Crippen LogP contribution in [-0.2, 0) is 24.2 Å². The van der Waals surface area contributed by atoms with Gasteiger partial charge in [-0.2, -0.15) is 0 Å². The Labute approximate surface area is 107 Å². The van der Waals surface area contributed by atoms with Crippen LogP contribution in [0.3, 0.4) is 0 Å². The second kappa shape index (κ2) is 4.30. The Bertz CT molecular complexity index is 462. The van der Waals surface area contributed by atoms with E-state index in [1.165, 1.54) is 23.2 Å². The molecule has 2 bridgehead atoms. The van der Waals surface area contributed by atoms with Crippen molar-refractivity contribution in [2.24, 2.45) is 0 Å². The molecule has 1 aromatic rings. The van der Waals surface area contributed by atoms with E-state index in [2.05, 4.69) is 21.3 Å². The lowest BCUT2D eigenvalue weighted by atomic mass is 9.99. The van der Waals surface area contributed by atoms with E-state index in [0.29, 0.717) is 12.1 Å². The van der Waals surface area contributed by atoms with E-state index in [-0.39, 0.29) is 0 Å². The van der Waals surface area contributed by atoms with Gasteiger partial charge in [0.15, 0.2) is 0 Å². The lowest BCUT2D eigenvalue weighted by Crippen LogP contribution is -2.37. The SMILES string of the molecule is c1cc2c(c(CN3C[C@H]4C[C@@H]3CO4)n1)CCNC2. The van der Waals surface area contributed by atoms with Crippen molar-refractivity contribution in [3.05, 3.63) is 29.1 Å². The zero-order valence-electron chi connectivity index (χ0n) is 10.6. The molecule has 4 rings (SSSR count). The molecule has 4 heterocycles. The highest BCUT2D eigenvalue weighted by Crippen LogP contribution is 2.29. The molecule has 4 nitrogen and oxygen atoms in total. The van der Waals surface area contributed by atoms with Crippen molar-refractivity contribution in [3.63, 3.8) is 0 Å². The standard InChI is InChI=1S/C14H19N3O/c1-4-16-14(13-2-3-15-6-10(1)13)8-17-7-12-5-11(17)9-18-12/h1,4,11-12,15H,2-3,5-9H2/t11-,12-/m1/s1. The third-order valence-corrected chi connectivity index (χ3v) is 4.48. The summed E-state index contributed by atoms with van der Waals surface area (Å²) < 4.78 is 5.66. The van der Waals surface area contributed by atoms with E-state index < -0.39 is 0 Å². The molecular formula is C14H19N3O. The number of fused-ring (bicyclic) bond motifs is 3. The zero-order valence-corrected chi connectivity index (χ0v) is 10.6. The number of hydrogen-bond acceptors (Lipinski definition) is 4. The first-order chi connectivity index (χ1) is 8.90. The van der Waals surface area contributed by atoms with Crippen molar-refractivity contribution >= 4 is 0 Å².